The Morgan fingerprint density at radius 2 is 1.86 bits per heavy atom. The minimum atomic E-state index is -0.410. The molecule has 0 saturated heterocycles. The Morgan fingerprint density at radius 1 is 1.05 bits per heavy atom. The molecule has 0 saturated carbocycles. The van der Waals surface area contributed by atoms with Crippen LogP contribution in [0.3, 0.4) is 0 Å². The standard InChI is InChI=1S/C16H10Cl2N2O2/c17-14-5-1-10(8-19-14)9-22-16(21)12-2-4-13-11(7-12)3-6-15(18)20-13/h1-8H,9H2. The van der Waals surface area contributed by atoms with Gasteiger partial charge in [0.1, 0.15) is 16.9 Å². The topological polar surface area (TPSA) is 52.1 Å². The maximum absolute atomic E-state index is 12.1. The summed E-state index contributed by atoms with van der Waals surface area (Å²) in [4.78, 5) is 20.2. The molecule has 1 aromatic carbocycles. The van der Waals surface area contributed by atoms with Gasteiger partial charge in [-0.1, -0.05) is 29.3 Å². The molecule has 0 aliphatic heterocycles. The molecule has 0 spiro atoms. The number of benzene rings is 1. The molecule has 110 valence electrons. The van der Waals surface area contributed by atoms with Crippen molar-refractivity contribution in [3.63, 3.8) is 0 Å². The summed E-state index contributed by atoms with van der Waals surface area (Å²) in [6.07, 6.45) is 1.57. The molecular weight excluding hydrogens is 323 g/mol. The predicted molar refractivity (Wildman–Crippen MR) is 85.1 cm³/mol. The lowest BCUT2D eigenvalue weighted by Gasteiger charge is -2.06. The summed E-state index contributed by atoms with van der Waals surface area (Å²) in [5.41, 5.74) is 1.96. The number of esters is 1. The molecular formula is C16H10Cl2N2O2. The maximum Gasteiger partial charge on any atom is 0.338 e. The number of hydrogen-bond donors (Lipinski definition) is 0. The normalized spacial score (nSPS) is 10.6. The Morgan fingerprint density at radius 3 is 2.64 bits per heavy atom. The van der Waals surface area contributed by atoms with Gasteiger partial charge in [0.05, 0.1) is 11.1 Å². The van der Waals surface area contributed by atoms with E-state index in [-0.39, 0.29) is 6.61 Å². The summed E-state index contributed by atoms with van der Waals surface area (Å²) in [6.45, 7) is 0.139. The Kier molecular flexibility index (Phi) is 4.22. The van der Waals surface area contributed by atoms with E-state index in [1.807, 2.05) is 6.07 Å². The van der Waals surface area contributed by atoms with Crippen LogP contribution in [0, 0.1) is 0 Å². The molecule has 0 N–H and O–H groups in total. The number of halogens is 2. The van der Waals surface area contributed by atoms with Crippen LogP contribution in [-0.4, -0.2) is 15.9 Å². The maximum atomic E-state index is 12.1. The number of ether oxygens (including phenoxy) is 1. The predicted octanol–water partition coefficient (Wildman–Crippen LogP) is 4.29. The third-order valence-electron chi connectivity index (χ3n) is 3.05. The Hall–Kier alpha value is -2.17. The highest BCUT2D eigenvalue weighted by Crippen LogP contribution is 2.18. The second-order valence-corrected chi connectivity index (χ2v) is 5.38. The van der Waals surface area contributed by atoms with Crippen molar-refractivity contribution in [2.75, 3.05) is 0 Å². The van der Waals surface area contributed by atoms with Crippen molar-refractivity contribution in [3.8, 4) is 0 Å². The third kappa shape index (κ3) is 3.35. The van der Waals surface area contributed by atoms with Gasteiger partial charge in [-0.15, -0.1) is 0 Å². The van der Waals surface area contributed by atoms with E-state index in [0.29, 0.717) is 15.9 Å². The highest BCUT2D eigenvalue weighted by Gasteiger charge is 2.09. The minimum absolute atomic E-state index is 0.139. The number of nitrogens with zero attached hydrogens (tertiary/aromatic N) is 2. The van der Waals surface area contributed by atoms with Crippen LogP contribution in [0.5, 0.6) is 0 Å². The largest absolute Gasteiger partial charge is 0.457 e. The lowest BCUT2D eigenvalue weighted by Crippen LogP contribution is -2.05. The summed E-state index contributed by atoms with van der Waals surface area (Å²) in [7, 11) is 0. The first-order valence-electron chi connectivity index (χ1n) is 6.46. The molecule has 0 atom stereocenters. The van der Waals surface area contributed by atoms with Gasteiger partial charge >= 0.3 is 5.97 Å². The summed E-state index contributed by atoms with van der Waals surface area (Å²) in [5.74, 6) is -0.410. The van der Waals surface area contributed by atoms with Gasteiger partial charge in [-0.25, -0.2) is 14.8 Å². The van der Waals surface area contributed by atoms with Crippen molar-refractivity contribution >= 4 is 40.1 Å². The van der Waals surface area contributed by atoms with Crippen molar-refractivity contribution in [1.82, 2.24) is 9.97 Å². The number of fused-ring (bicyclic) bond motifs is 1. The molecule has 22 heavy (non-hydrogen) atoms. The van der Waals surface area contributed by atoms with Crippen LogP contribution in [-0.2, 0) is 11.3 Å². The van der Waals surface area contributed by atoms with Crippen LogP contribution in [0.1, 0.15) is 15.9 Å². The van der Waals surface area contributed by atoms with Gasteiger partial charge in [0.25, 0.3) is 0 Å². The van der Waals surface area contributed by atoms with E-state index in [4.69, 9.17) is 27.9 Å². The van der Waals surface area contributed by atoms with Gasteiger partial charge in [0, 0.05) is 17.1 Å². The Bertz CT molecular complexity index is 835. The first-order chi connectivity index (χ1) is 10.6. The van der Waals surface area contributed by atoms with E-state index < -0.39 is 5.97 Å². The van der Waals surface area contributed by atoms with Crippen molar-refractivity contribution in [3.05, 3.63) is 70.1 Å². The summed E-state index contributed by atoms with van der Waals surface area (Å²) in [5, 5.41) is 1.64. The zero-order valence-electron chi connectivity index (χ0n) is 11.3. The van der Waals surface area contributed by atoms with E-state index >= 15 is 0 Å². The number of carbonyl (C=O) groups is 1. The molecule has 0 fully saturated rings. The van der Waals surface area contributed by atoms with Gasteiger partial charge in [-0.2, -0.15) is 0 Å². The summed E-state index contributed by atoms with van der Waals surface area (Å²) < 4.78 is 5.26. The highest BCUT2D eigenvalue weighted by molar-refractivity contribution is 6.29. The molecule has 0 amide bonds. The zero-order valence-corrected chi connectivity index (χ0v) is 12.8. The summed E-state index contributed by atoms with van der Waals surface area (Å²) in [6, 6.07) is 12.0. The molecule has 3 rings (SSSR count). The smallest absolute Gasteiger partial charge is 0.338 e. The van der Waals surface area contributed by atoms with Crippen molar-refractivity contribution in [1.29, 1.82) is 0 Å². The van der Waals surface area contributed by atoms with Gasteiger partial charge in [0.2, 0.25) is 0 Å². The van der Waals surface area contributed by atoms with Crippen LogP contribution in [0.15, 0.2) is 48.7 Å². The fraction of sp³-hybridized carbons (Fsp3) is 0.0625. The number of pyridine rings is 2. The van der Waals surface area contributed by atoms with E-state index in [2.05, 4.69) is 9.97 Å². The van der Waals surface area contributed by atoms with E-state index in [1.165, 1.54) is 0 Å². The Balaban J connectivity index is 1.74. The van der Waals surface area contributed by atoms with Gasteiger partial charge in [-0.3, -0.25) is 0 Å². The first-order valence-corrected chi connectivity index (χ1v) is 7.21. The lowest BCUT2D eigenvalue weighted by atomic mass is 10.1. The summed E-state index contributed by atoms with van der Waals surface area (Å²) >= 11 is 11.5. The first kappa shape index (κ1) is 14.8. The van der Waals surface area contributed by atoms with Crippen LogP contribution in [0.25, 0.3) is 10.9 Å². The number of carbonyl (C=O) groups excluding carboxylic acids is 1. The number of aromatic nitrogens is 2. The SMILES string of the molecule is O=C(OCc1ccc(Cl)nc1)c1ccc2nc(Cl)ccc2c1. The van der Waals surface area contributed by atoms with E-state index in [0.717, 1.165) is 16.5 Å². The second kappa shape index (κ2) is 6.30. The average Bonchev–Trinajstić information content (AvgIpc) is 2.53. The number of hydrogen-bond acceptors (Lipinski definition) is 4. The van der Waals surface area contributed by atoms with Crippen molar-refractivity contribution < 1.29 is 9.53 Å². The molecule has 0 radical (unpaired) electrons. The van der Waals surface area contributed by atoms with Crippen LogP contribution < -0.4 is 0 Å². The lowest BCUT2D eigenvalue weighted by molar-refractivity contribution is 0.0472. The molecule has 4 nitrogen and oxygen atoms in total. The van der Waals surface area contributed by atoms with Crippen molar-refractivity contribution in [2.24, 2.45) is 0 Å². The molecule has 2 heterocycles. The van der Waals surface area contributed by atoms with Crippen LogP contribution in [0.2, 0.25) is 10.3 Å². The van der Waals surface area contributed by atoms with E-state index in [9.17, 15) is 4.79 Å². The third-order valence-corrected chi connectivity index (χ3v) is 3.48. The minimum Gasteiger partial charge on any atom is -0.457 e. The molecule has 2 aromatic heterocycles. The zero-order chi connectivity index (χ0) is 15.5. The molecule has 0 aliphatic carbocycles. The monoisotopic (exact) mass is 332 g/mol. The van der Waals surface area contributed by atoms with Crippen LogP contribution >= 0.6 is 23.2 Å². The molecule has 3 aromatic rings. The highest BCUT2D eigenvalue weighted by atomic mass is 35.5. The van der Waals surface area contributed by atoms with Gasteiger partial charge in [-0.05, 0) is 36.4 Å². The number of rotatable bonds is 3. The fourth-order valence-corrected chi connectivity index (χ4v) is 2.22. The second-order valence-electron chi connectivity index (χ2n) is 4.61. The van der Waals surface area contributed by atoms with E-state index in [1.54, 1.807) is 42.6 Å². The quantitative estimate of drug-likeness (QED) is 0.530. The van der Waals surface area contributed by atoms with Gasteiger partial charge < -0.3 is 4.74 Å². The average molecular weight is 333 g/mol. The van der Waals surface area contributed by atoms with Gasteiger partial charge in [0.15, 0.2) is 0 Å². The van der Waals surface area contributed by atoms with Crippen LogP contribution in [0.4, 0.5) is 0 Å². The Labute approximate surface area is 136 Å². The molecule has 0 unspecified atom stereocenters. The molecule has 6 heteroatoms. The fourth-order valence-electron chi connectivity index (χ4n) is 1.95. The van der Waals surface area contributed by atoms with Crippen molar-refractivity contribution in [2.45, 2.75) is 6.61 Å². The molecule has 0 bridgehead atoms. The molecule has 0 aliphatic rings.